The lowest BCUT2D eigenvalue weighted by molar-refractivity contribution is -0.137. The Morgan fingerprint density at radius 2 is 2.31 bits per heavy atom. The van der Waals surface area contributed by atoms with E-state index in [9.17, 15) is 4.79 Å². The van der Waals surface area contributed by atoms with Crippen LogP contribution in [0.1, 0.15) is 38.5 Å². The summed E-state index contributed by atoms with van der Waals surface area (Å²) in [5.41, 5.74) is 5.73. The van der Waals surface area contributed by atoms with Crippen molar-refractivity contribution in [3.8, 4) is 0 Å². The summed E-state index contributed by atoms with van der Waals surface area (Å²) in [5, 5.41) is 11.7. The lowest BCUT2D eigenvalue weighted by Crippen LogP contribution is -2.47. The molecule has 2 atom stereocenters. The van der Waals surface area contributed by atoms with Crippen molar-refractivity contribution in [1.29, 1.82) is 0 Å². The summed E-state index contributed by atoms with van der Waals surface area (Å²) in [6.45, 7) is 0. The topological polar surface area (TPSA) is 75.4 Å². The van der Waals surface area contributed by atoms with Crippen LogP contribution in [0.25, 0.3) is 0 Å². The maximum absolute atomic E-state index is 10.3. The van der Waals surface area contributed by atoms with Gasteiger partial charge in [-0.1, -0.05) is 0 Å². The number of nitrogens with two attached hydrogens (primary N) is 1. The van der Waals surface area contributed by atoms with Gasteiger partial charge in [0.15, 0.2) is 0 Å². The molecule has 1 saturated heterocycles. The minimum absolute atomic E-state index is 0.114. The molecular weight excluding hydrogens is 168 g/mol. The Labute approximate surface area is 78.5 Å². The average molecular weight is 186 g/mol. The van der Waals surface area contributed by atoms with Gasteiger partial charge in [0, 0.05) is 12.5 Å². The second-order valence-electron chi connectivity index (χ2n) is 3.69. The summed E-state index contributed by atoms with van der Waals surface area (Å²) in [5.74, 6) is -0.708. The minimum atomic E-state index is -0.708. The third-order valence-corrected chi connectivity index (χ3v) is 2.46. The molecule has 1 aliphatic heterocycles. The molecule has 0 bridgehead atoms. The summed E-state index contributed by atoms with van der Waals surface area (Å²) < 4.78 is 0. The average Bonchev–Trinajstić information content (AvgIpc) is 2.03. The Kier molecular flexibility index (Phi) is 4.18. The first-order chi connectivity index (χ1) is 6.18. The summed E-state index contributed by atoms with van der Waals surface area (Å²) >= 11 is 0. The number of hydrogen-bond acceptors (Lipinski definition) is 3. The number of carbonyl (C=O) groups is 1. The Balaban J connectivity index is 2.10. The Hall–Kier alpha value is -0.610. The first-order valence-corrected chi connectivity index (χ1v) is 4.92. The van der Waals surface area contributed by atoms with Crippen molar-refractivity contribution < 1.29 is 9.90 Å². The molecule has 1 fully saturated rings. The van der Waals surface area contributed by atoms with Crippen LogP contribution in [0.5, 0.6) is 0 Å². The van der Waals surface area contributed by atoms with E-state index in [0.29, 0.717) is 6.04 Å². The van der Waals surface area contributed by atoms with E-state index in [-0.39, 0.29) is 12.6 Å². The first kappa shape index (κ1) is 10.5. The second kappa shape index (κ2) is 5.19. The zero-order valence-corrected chi connectivity index (χ0v) is 7.83. The van der Waals surface area contributed by atoms with Crippen molar-refractivity contribution >= 4 is 5.97 Å². The molecule has 4 heteroatoms. The van der Waals surface area contributed by atoms with Crippen molar-refractivity contribution in [2.45, 2.75) is 50.7 Å². The zero-order valence-electron chi connectivity index (χ0n) is 7.83. The number of nitrogens with one attached hydrogen (secondary N) is 1. The number of rotatable bonds is 4. The highest BCUT2D eigenvalue weighted by atomic mass is 16.4. The standard InChI is InChI=1S/C9H18N2O2/c10-8-5-1-3-7(11-8)4-2-6-9(12)13/h7-8,11H,1-6,10H2,(H,12,13). The summed E-state index contributed by atoms with van der Waals surface area (Å²) in [6, 6.07) is 0.433. The van der Waals surface area contributed by atoms with Crippen LogP contribution in [-0.4, -0.2) is 23.3 Å². The van der Waals surface area contributed by atoms with Crippen LogP contribution >= 0.6 is 0 Å². The van der Waals surface area contributed by atoms with Gasteiger partial charge in [-0.25, -0.2) is 0 Å². The van der Waals surface area contributed by atoms with Crippen molar-refractivity contribution in [1.82, 2.24) is 5.32 Å². The molecule has 0 aromatic carbocycles. The van der Waals surface area contributed by atoms with E-state index >= 15 is 0 Å². The number of carboxylic acid groups (broad SMARTS) is 1. The third-order valence-electron chi connectivity index (χ3n) is 2.46. The smallest absolute Gasteiger partial charge is 0.303 e. The number of piperidine rings is 1. The molecular formula is C9H18N2O2. The van der Waals surface area contributed by atoms with Gasteiger partial charge in [0.25, 0.3) is 0 Å². The van der Waals surface area contributed by atoms with E-state index in [2.05, 4.69) is 5.32 Å². The highest BCUT2D eigenvalue weighted by molar-refractivity contribution is 5.66. The van der Waals surface area contributed by atoms with Gasteiger partial charge in [-0.2, -0.15) is 0 Å². The molecule has 0 spiro atoms. The molecule has 0 radical (unpaired) electrons. The largest absolute Gasteiger partial charge is 0.481 e. The van der Waals surface area contributed by atoms with E-state index in [1.54, 1.807) is 0 Å². The van der Waals surface area contributed by atoms with Gasteiger partial charge in [0.05, 0.1) is 6.17 Å². The van der Waals surface area contributed by atoms with Gasteiger partial charge in [-0.3, -0.25) is 10.1 Å². The van der Waals surface area contributed by atoms with Crippen LogP contribution in [0.4, 0.5) is 0 Å². The molecule has 4 N–H and O–H groups in total. The molecule has 4 nitrogen and oxygen atoms in total. The molecule has 1 aliphatic rings. The normalized spacial score (nSPS) is 28.7. The quantitative estimate of drug-likeness (QED) is 0.603. The third kappa shape index (κ3) is 4.24. The minimum Gasteiger partial charge on any atom is -0.481 e. The molecule has 0 amide bonds. The van der Waals surface area contributed by atoms with E-state index in [1.165, 1.54) is 0 Å². The first-order valence-electron chi connectivity index (χ1n) is 4.92. The summed E-state index contributed by atoms with van der Waals surface area (Å²) in [6.07, 6.45) is 5.39. The Morgan fingerprint density at radius 3 is 2.92 bits per heavy atom. The number of aliphatic carboxylic acids is 1. The van der Waals surface area contributed by atoms with Gasteiger partial charge in [0.2, 0.25) is 0 Å². The fourth-order valence-electron chi connectivity index (χ4n) is 1.78. The molecule has 0 aliphatic carbocycles. The van der Waals surface area contributed by atoms with Crippen molar-refractivity contribution in [3.05, 3.63) is 0 Å². The molecule has 0 aromatic heterocycles. The second-order valence-corrected chi connectivity index (χ2v) is 3.69. The van der Waals surface area contributed by atoms with Gasteiger partial charge in [-0.15, -0.1) is 0 Å². The van der Waals surface area contributed by atoms with Crippen molar-refractivity contribution in [3.63, 3.8) is 0 Å². The van der Waals surface area contributed by atoms with Crippen molar-refractivity contribution in [2.75, 3.05) is 0 Å². The van der Waals surface area contributed by atoms with Crippen LogP contribution < -0.4 is 11.1 Å². The highest BCUT2D eigenvalue weighted by Gasteiger charge is 2.17. The lowest BCUT2D eigenvalue weighted by Gasteiger charge is -2.28. The van der Waals surface area contributed by atoms with E-state index in [4.69, 9.17) is 10.8 Å². The van der Waals surface area contributed by atoms with Crippen LogP contribution in [0, 0.1) is 0 Å². The van der Waals surface area contributed by atoms with Crippen LogP contribution in [0.2, 0.25) is 0 Å². The van der Waals surface area contributed by atoms with Crippen LogP contribution in [-0.2, 0) is 4.79 Å². The monoisotopic (exact) mass is 186 g/mol. The van der Waals surface area contributed by atoms with E-state index < -0.39 is 5.97 Å². The van der Waals surface area contributed by atoms with Crippen LogP contribution in [0.3, 0.4) is 0 Å². The van der Waals surface area contributed by atoms with Gasteiger partial charge >= 0.3 is 5.97 Å². The molecule has 76 valence electrons. The predicted octanol–water partition coefficient (Wildman–Crippen LogP) is 0.668. The lowest BCUT2D eigenvalue weighted by atomic mass is 9.98. The molecule has 2 unspecified atom stereocenters. The maximum atomic E-state index is 10.3. The highest BCUT2D eigenvalue weighted by Crippen LogP contribution is 2.14. The molecule has 1 rings (SSSR count). The SMILES string of the molecule is NC1CCCC(CCCC(=O)O)N1. The number of hydrogen-bond donors (Lipinski definition) is 3. The molecule has 0 saturated carbocycles. The Morgan fingerprint density at radius 1 is 1.54 bits per heavy atom. The van der Waals surface area contributed by atoms with Crippen molar-refractivity contribution in [2.24, 2.45) is 5.73 Å². The Bertz CT molecular complexity index is 173. The number of carboxylic acids is 1. The maximum Gasteiger partial charge on any atom is 0.303 e. The summed E-state index contributed by atoms with van der Waals surface area (Å²) in [7, 11) is 0. The van der Waals surface area contributed by atoms with Gasteiger partial charge < -0.3 is 10.8 Å². The van der Waals surface area contributed by atoms with E-state index in [0.717, 1.165) is 32.1 Å². The predicted molar refractivity (Wildman–Crippen MR) is 50.2 cm³/mol. The van der Waals surface area contributed by atoms with Gasteiger partial charge in [-0.05, 0) is 32.1 Å². The molecule has 1 heterocycles. The molecule has 0 aromatic rings. The summed E-state index contributed by atoms with van der Waals surface area (Å²) in [4.78, 5) is 10.3. The van der Waals surface area contributed by atoms with E-state index in [1.807, 2.05) is 0 Å². The zero-order chi connectivity index (χ0) is 9.68. The van der Waals surface area contributed by atoms with Gasteiger partial charge in [0.1, 0.15) is 0 Å². The molecule has 13 heavy (non-hydrogen) atoms. The van der Waals surface area contributed by atoms with Crippen LogP contribution in [0.15, 0.2) is 0 Å². The fraction of sp³-hybridized carbons (Fsp3) is 0.889. The fourth-order valence-corrected chi connectivity index (χ4v) is 1.78.